The molecule has 3 aromatic heterocycles. The Morgan fingerprint density at radius 3 is 1.67 bits per heavy atom. The number of fused-ring (bicyclic) bond motifs is 7. The number of oxazole rings is 1. The maximum Gasteiger partial charge on any atom is 0.227 e. The number of benzene rings is 9. The normalized spacial score (nSPS) is 11.6. The van der Waals surface area contributed by atoms with E-state index in [0.29, 0.717) is 11.5 Å². The van der Waals surface area contributed by atoms with E-state index in [-0.39, 0.29) is 0 Å². The van der Waals surface area contributed by atoms with E-state index in [1.54, 1.807) is 0 Å². The molecular formula is C55H35N3O3. The molecule has 0 aliphatic rings. The second-order valence-electron chi connectivity index (χ2n) is 15.2. The van der Waals surface area contributed by atoms with Crippen molar-refractivity contribution in [3.63, 3.8) is 0 Å². The highest BCUT2D eigenvalue weighted by Crippen LogP contribution is 2.48. The van der Waals surface area contributed by atoms with Gasteiger partial charge in [-0.3, -0.25) is 0 Å². The van der Waals surface area contributed by atoms with Gasteiger partial charge in [0, 0.05) is 50.2 Å². The maximum absolute atomic E-state index is 6.82. The predicted octanol–water partition coefficient (Wildman–Crippen LogP) is 15.9. The molecular weight excluding hydrogens is 751 g/mol. The van der Waals surface area contributed by atoms with Gasteiger partial charge in [0.25, 0.3) is 0 Å². The number of nitrogens with zero attached hydrogens (tertiary/aromatic N) is 3. The van der Waals surface area contributed by atoms with E-state index in [1.165, 1.54) is 0 Å². The molecule has 0 spiro atoms. The van der Waals surface area contributed by atoms with Gasteiger partial charge in [0.2, 0.25) is 5.89 Å². The minimum absolute atomic E-state index is 0.536. The molecule has 0 saturated carbocycles. The lowest BCUT2D eigenvalue weighted by molar-refractivity contribution is 0.620. The highest BCUT2D eigenvalue weighted by atomic mass is 16.3. The Bertz CT molecular complexity index is 3550. The van der Waals surface area contributed by atoms with Gasteiger partial charge < -0.3 is 23.1 Å². The fourth-order valence-corrected chi connectivity index (χ4v) is 8.65. The summed E-state index contributed by atoms with van der Waals surface area (Å²) in [4.78, 5) is 9.85. The number of anilines is 6. The maximum atomic E-state index is 6.82. The van der Waals surface area contributed by atoms with Crippen LogP contribution in [-0.4, -0.2) is 4.98 Å². The summed E-state index contributed by atoms with van der Waals surface area (Å²) < 4.78 is 19.9. The largest absolute Gasteiger partial charge is 0.456 e. The summed E-state index contributed by atoms with van der Waals surface area (Å²) in [6.45, 7) is 0. The molecule has 3 heterocycles. The number of aromatic nitrogens is 1. The monoisotopic (exact) mass is 785 g/mol. The molecule has 0 unspecified atom stereocenters. The zero-order chi connectivity index (χ0) is 40.3. The molecule has 0 atom stereocenters. The third-order valence-electron chi connectivity index (χ3n) is 11.4. The van der Waals surface area contributed by atoms with Crippen molar-refractivity contribution in [3.8, 4) is 22.6 Å². The van der Waals surface area contributed by atoms with Crippen molar-refractivity contribution in [1.82, 2.24) is 4.98 Å². The summed E-state index contributed by atoms with van der Waals surface area (Å²) in [5.74, 6) is 0.536. The van der Waals surface area contributed by atoms with Crippen LogP contribution in [0.15, 0.2) is 226 Å². The minimum Gasteiger partial charge on any atom is -0.456 e. The molecule has 12 aromatic rings. The van der Waals surface area contributed by atoms with E-state index in [2.05, 4.69) is 155 Å². The van der Waals surface area contributed by atoms with Crippen LogP contribution in [0.2, 0.25) is 0 Å². The Kier molecular flexibility index (Phi) is 8.06. The van der Waals surface area contributed by atoms with Crippen molar-refractivity contribution in [2.45, 2.75) is 0 Å². The smallest absolute Gasteiger partial charge is 0.227 e. The Morgan fingerprint density at radius 1 is 0.311 bits per heavy atom. The molecule has 0 bridgehead atoms. The van der Waals surface area contributed by atoms with Gasteiger partial charge in [-0.2, -0.15) is 0 Å². The van der Waals surface area contributed by atoms with Gasteiger partial charge in [-0.05, 0) is 90.0 Å². The Morgan fingerprint density at radius 2 is 0.885 bits per heavy atom. The number of hydrogen-bond acceptors (Lipinski definition) is 6. The van der Waals surface area contributed by atoms with Crippen LogP contribution in [-0.2, 0) is 0 Å². The molecule has 0 amide bonds. The van der Waals surface area contributed by atoms with Crippen molar-refractivity contribution in [2.24, 2.45) is 0 Å². The summed E-state index contributed by atoms with van der Waals surface area (Å²) in [7, 11) is 0. The van der Waals surface area contributed by atoms with Crippen LogP contribution in [0.5, 0.6) is 0 Å². The van der Waals surface area contributed by atoms with Crippen LogP contribution < -0.4 is 9.80 Å². The van der Waals surface area contributed by atoms with Gasteiger partial charge in [-0.1, -0.05) is 127 Å². The molecule has 0 aliphatic carbocycles. The molecule has 9 aromatic carbocycles. The molecule has 0 fully saturated rings. The van der Waals surface area contributed by atoms with E-state index in [0.717, 1.165) is 100 Å². The average Bonchev–Trinajstić information content (AvgIpc) is 4.04. The second kappa shape index (κ2) is 14.2. The summed E-state index contributed by atoms with van der Waals surface area (Å²) in [6.07, 6.45) is 0. The third-order valence-corrected chi connectivity index (χ3v) is 11.4. The molecule has 0 N–H and O–H groups in total. The fraction of sp³-hybridized carbons (Fsp3) is 0. The third kappa shape index (κ3) is 5.92. The van der Waals surface area contributed by atoms with Crippen molar-refractivity contribution in [2.75, 3.05) is 9.80 Å². The van der Waals surface area contributed by atoms with Crippen molar-refractivity contribution < 1.29 is 13.3 Å². The topological polar surface area (TPSA) is 58.8 Å². The first-order chi connectivity index (χ1) is 30.2. The molecule has 288 valence electrons. The zero-order valence-electron chi connectivity index (χ0n) is 32.8. The van der Waals surface area contributed by atoms with Crippen molar-refractivity contribution >= 4 is 89.1 Å². The predicted molar refractivity (Wildman–Crippen MR) is 249 cm³/mol. The summed E-state index contributed by atoms with van der Waals surface area (Å²) in [5, 5.41) is 4.19. The lowest BCUT2D eigenvalue weighted by atomic mass is 10.0. The molecule has 12 rings (SSSR count). The fourth-order valence-electron chi connectivity index (χ4n) is 8.65. The Hall–Kier alpha value is -8.35. The van der Waals surface area contributed by atoms with Crippen LogP contribution in [0, 0.1) is 0 Å². The first-order valence-electron chi connectivity index (χ1n) is 20.4. The highest BCUT2D eigenvalue weighted by Gasteiger charge is 2.26. The lowest BCUT2D eigenvalue weighted by Gasteiger charge is -2.29. The van der Waals surface area contributed by atoms with Crippen molar-refractivity contribution in [1.29, 1.82) is 0 Å². The molecule has 0 radical (unpaired) electrons. The van der Waals surface area contributed by atoms with Gasteiger partial charge in [-0.15, -0.1) is 0 Å². The molecule has 0 aliphatic heterocycles. The first kappa shape index (κ1) is 34.7. The molecule has 0 saturated heterocycles. The van der Waals surface area contributed by atoms with Crippen LogP contribution in [0.3, 0.4) is 0 Å². The van der Waals surface area contributed by atoms with Gasteiger partial charge >= 0.3 is 0 Å². The molecule has 61 heavy (non-hydrogen) atoms. The number of rotatable bonds is 8. The Balaban J connectivity index is 1.16. The van der Waals surface area contributed by atoms with E-state index < -0.39 is 0 Å². The van der Waals surface area contributed by atoms with Crippen LogP contribution in [0.1, 0.15) is 0 Å². The van der Waals surface area contributed by atoms with Gasteiger partial charge in [0.15, 0.2) is 11.2 Å². The Labute approximate surface area is 350 Å². The van der Waals surface area contributed by atoms with E-state index in [9.17, 15) is 0 Å². The number of hydrogen-bond donors (Lipinski definition) is 0. The van der Waals surface area contributed by atoms with Crippen LogP contribution in [0.4, 0.5) is 34.1 Å². The first-order valence-corrected chi connectivity index (χ1v) is 20.4. The second-order valence-corrected chi connectivity index (χ2v) is 15.2. The van der Waals surface area contributed by atoms with Gasteiger partial charge in [-0.25, -0.2) is 4.98 Å². The number of furan rings is 2. The standard InChI is InChI=1S/C55H35N3O3/c1-4-16-36(17-5-1)38-20-14-23-40(32-38)58(41-30-31-51-46(33-41)44-25-11-12-28-49(44)59-51)48-34-42(35-52-53(48)56-55(61-52)37-18-6-2-7-19-37)57(39-21-8-3-9-22-39)47-27-15-26-45-43-24-10-13-29-50(43)60-54(45)47/h1-35H. The highest BCUT2D eigenvalue weighted by molar-refractivity contribution is 6.11. The molecule has 6 heteroatoms. The van der Waals surface area contributed by atoms with E-state index in [1.807, 2.05) is 66.7 Å². The molecule has 6 nitrogen and oxygen atoms in total. The van der Waals surface area contributed by atoms with Crippen molar-refractivity contribution in [3.05, 3.63) is 212 Å². The quantitative estimate of drug-likeness (QED) is 0.153. The van der Waals surface area contributed by atoms with Crippen LogP contribution in [0.25, 0.3) is 77.6 Å². The average molecular weight is 786 g/mol. The zero-order valence-corrected chi connectivity index (χ0v) is 32.8. The summed E-state index contributed by atoms with van der Waals surface area (Å²) in [6, 6.07) is 73.1. The van der Waals surface area contributed by atoms with E-state index >= 15 is 0 Å². The van der Waals surface area contributed by atoms with Crippen LogP contribution >= 0.6 is 0 Å². The minimum atomic E-state index is 0.536. The van der Waals surface area contributed by atoms with E-state index in [4.69, 9.17) is 18.2 Å². The lowest BCUT2D eigenvalue weighted by Crippen LogP contribution is -2.14. The summed E-state index contributed by atoms with van der Waals surface area (Å²) >= 11 is 0. The summed E-state index contributed by atoms with van der Waals surface area (Å²) in [5.41, 5.74) is 13.3. The van der Waals surface area contributed by atoms with Gasteiger partial charge in [0.1, 0.15) is 22.3 Å². The van der Waals surface area contributed by atoms with Gasteiger partial charge in [0.05, 0.1) is 17.1 Å². The number of para-hydroxylation sites is 4. The SMILES string of the molecule is c1ccc(-c2cccc(N(c3ccc4oc5ccccc5c4c3)c3cc(N(c4ccccc4)c4cccc5c4oc4ccccc45)cc4oc(-c5ccccc5)nc34)c2)cc1.